The van der Waals surface area contributed by atoms with Crippen molar-refractivity contribution < 1.29 is 28.3 Å². The zero-order valence-corrected chi connectivity index (χ0v) is 17.6. The van der Waals surface area contributed by atoms with E-state index < -0.39 is 29.6 Å². The SMILES string of the molecule is COC(=O)[C@H](Cc1cc(=O)oc2cc(OC)ccc12)NC(=O)[C@H](NC(C)=O)C(C)C. The van der Waals surface area contributed by atoms with Crippen molar-refractivity contribution in [2.75, 3.05) is 14.2 Å². The molecule has 0 bridgehead atoms. The van der Waals surface area contributed by atoms with Gasteiger partial charge >= 0.3 is 11.6 Å². The maximum atomic E-state index is 12.7. The molecule has 2 amide bonds. The summed E-state index contributed by atoms with van der Waals surface area (Å²) in [6.45, 7) is 4.86. The second-order valence-electron chi connectivity index (χ2n) is 7.16. The summed E-state index contributed by atoms with van der Waals surface area (Å²) < 4.78 is 15.2. The molecule has 162 valence electrons. The molecule has 0 saturated heterocycles. The number of hydrogen-bond donors (Lipinski definition) is 2. The third-order valence-corrected chi connectivity index (χ3v) is 4.57. The van der Waals surface area contributed by atoms with Gasteiger partial charge < -0.3 is 24.5 Å². The highest BCUT2D eigenvalue weighted by molar-refractivity contribution is 5.91. The first-order valence-corrected chi connectivity index (χ1v) is 9.42. The first kappa shape index (κ1) is 22.9. The Hall–Kier alpha value is -3.36. The molecule has 1 heterocycles. The lowest BCUT2D eigenvalue weighted by atomic mass is 10.00. The Kier molecular flexibility index (Phi) is 7.57. The van der Waals surface area contributed by atoms with Gasteiger partial charge in [-0.1, -0.05) is 13.8 Å². The average Bonchev–Trinajstić information content (AvgIpc) is 2.69. The van der Waals surface area contributed by atoms with Gasteiger partial charge in [0.25, 0.3) is 0 Å². The van der Waals surface area contributed by atoms with Gasteiger partial charge in [0.2, 0.25) is 11.8 Å². The number of methoxy groups -OCH3 is 2. The third kappa shape index (κ3) is 5.59. The minimum Gasteiger partial charge on any atom is -0.497 e. The molecule has 0 aliphatic rings. The molecule has 0 unspecified atom stereocenters. The first-order valence-electron chi connectivity index (χ1n) is 9.42. The standard InChI is InChI=1S/C21H26N2O7/c1-11(2)19(22-12(3)24)20(26)23-16(21(27)29-5)8-13-9-18(25)30-17-10-14(28-4)6-7-15(13)17/h6-7,9-11,16,19H,8H2,1-5H3,(H,22,24)(H,23,26)/t16-,19+/m0/s1. The number of amides is 2. The van der Waals surface area contributed by atoms with E-state index in [2.05, 4.69) is 10.6 Å². The molecule has 2 rings (SSSR count). The molecule has 1 aromatic heterocycles. The highest BCUT2D eigenvalue weighted by atomic mass is 16.5. The van der Waals surface area contributed by atoms with Crippen molar-refractivity contribution in [2.24, 2.45) is 5.92 Å². The Labute approximate surface area is 173 Å². The highest BCUT2D eigenvalue weighted by Gasteiger charge is 2.29. The van der Waals surface area contributed by atoms with Gasteiger partial charge in [0.1, 0.15) is 23.4 Å². The fourth-order valence-corrected chi connectivity index (χ4v) is 3.08. The molecule has 1 aromatic carbocycles. The van der Waals surface area contributed by atoms with Crippen molar-refractivity contribution in [1.82, 2.24) is 10.6 Å². The van der Waals surface area contributed by atoms with Crippen molar-refractivity contribution in [1.29, 1.82) is 0 Å². The summed E-state index contributed by atoms with van der Waals surface area (Å²) in [5.41, 5.74) is 0.198. The van der Waals surface area contributed by atoms with E-state index >= 15 is 0 Å². The lowest BCUT2D eigenvalue weighted by molar-refractivity contribution is -0.145. The summed E-state index contributed by atoms with van der Waals surface area (Å²) >= 11 is 0. The van der Waals surface area contributed by atoms with Crippen molar-refractivity contribution in [3.05, 3.63) is 40.2 Å². The van der Waals surface area contributed by atoms with Crippen LogP contribution in [-0.4, -0.2) is 44.1 Å². The quantitative estimate of drug-likeness (QED) is 0.487. The van der Waals surface area contributed by atoms with Crippen LogP contribution in [0, 0.1) is 5.92 Å². The minimum absolute atomic E-state index is 0.00225. The predicted molar refractivity (Wildman–Crippen MR) is 109 cm³/mol. The van der Waals surface area contributed by atoms with Crippen molar-refractivity contribution in [3.63, 3.8) is 0 Å². The highest BCUT2D eigenvalue weighted by Crippen LogP contribution is 2.23. The summed E-state index contributed by atoms with van der Waals surface area (Å²) in [5, 5.41) is 5.80. The van der Waals surface area contributed by atoms with Crippen LogP contribution in [0.15, 0.2) is 33.5 Å². The topological polar surface area (TPSA) is 124 Å². The summed E-state index contributed by atoms with van der Waals surface area (Å²) in [4.78, 5) is 48.5. The number of carbonyl (C=O) groups excluding carboxylic acids is 3. The molecule has 9 heteroatoms. The normalized spacial score (nSPS) is 12.9. The monoisotopic (exact) mass is 418 g/mol. The van der Waals surface area contributed by atoms with Crippen LogP contribution in [0.5, 0.6) is 5.75 Å². The van der Waals surface area contributed by atoms with Crippen LogP contribution in [0.1, 0.15) is 26.3 Å². The van der Waals surface area contributed by atoms with Crippen LogP contribution in [0.2, 0.25) is 0 Å². The smallest absolute Gasteiger partial charge is 0.336 e. The molecule has 0 aliphatic heterocycles. The lowest BCUT2D eigenvalue weighted by Gasteiger charge is -2.24. The van der Waals surface area contributed by atoms with Gasteiger partial charge in [-0.15, -0.1) is 0 Å². The number of hydrogen-bond acceptors (Lipinski definition) is 7. The summed E-state index contributed by atoms with van der Waals surface area (Å²) in [6.07, 6.45) is -0.00225. The van der Waals surface area contributed by atoms with Crippen LogP contribution in [0.25, 0.3) is 11.0 Å². The molecule has 2 atom stereocenters. The number of rotatable bonds is 8. The molecular formula is C21H26N2O7. The van der Waals surface area contributed by atoms with Gasteiger partial charge in [-0.25, -0.2) is 9.59 Å². The number of nitrogens with one attached hydrogen (secondary N) is 2. The lowest BCUT2D eigenvalue weighted by Crippen LogP contribution is -2.54. The van der Waals surface area contributed by atoms with Crippen molar-refractivity contribution in [3.8, 4) is 5.75 Å². The molecule has 9 nitrogen and oxygen atoms in total. The van der Waals surface area contributed by atoms with E-state index in [-0.39, 0.29) is 18.2 Å². The van der Waals surface area contributed by atoms with Gasteiger partial charge in [-0.3, -0.25) is 9.59 Å². The Morgan fingerprint density at radius 1 is 1.10 bits per heavy atom. The Morgan fingerprint density at radius 2 is 1.80 bits per heavy atom. The fraction of sp³-hybridized carbons (Fsp3) is 0.429. The molecule has 2 aromatic rings. The number of carbonyl (C=O) groups is 3. The first-order chi connectivity index (χ1) is 14.2. The van der Waals surface area contributed by atoms with Crippen LogP contribution in [0.3, 0.4) is 0 Å². The maximum absolute atomic E-state index is 12.7. The minimum atomic E-state index is -1.07. The summed E-state index contributed by atoms with van der Waals surface area (Å²) in [6, 6.07) is 4.35. The van der Waals surface area contributed by atoms with Gasteiger partial charge in [0.15, 0.2) is 0 Å². The number of benzene rings is 1. The van der Waals surface area contributed by atoms with E-state index in [4.69, 9.17) is 13.9 Å². The van der Waals surface area contributed by atoms with E-state index in [1.54, 1.807) is 32.0 Å². The number of fused-ring (bicyclic) bond motifs is 1. The molecule has 0 radical (unpaired) electrons. The molecule has 0 fully saturated rings. The average molecular weight is 418 g/mol. The molecule has 0 spiro atoms. The van der Waals surface area contributed by atoms with E-state index in [0.29, 0.717) is 22.3 Å². The van der Waals surface area contributed by atoms with Gasteiger partial charge in [-0.2, -0.15) is 0 Å². The van der Waals surface area contributed by atoms with E-state index in [0.717, 1.165) is 0 Å². The zero-order chi connectivity index (χ0) is 22.4. The van der Waals surface area contributed by atoms with Gasteiger partial charge in [-0.05, 0) is 23.6 Å². The fourth-order valence-electron chi connectivity index (χ4n) is 3.08. The third-order valence-electron chi connectivity index (χ3n) is 4.57. The Balaban J connectivity index is 2.37. The number of esters is 1. The maximum Gasteiger partial charge on any atom is 0.336 e. The second kappa shape index (κ2) is 9.91. The summed E-state index contributed by atoms with van der Waals surface area (Å²) in [7, 11) is 2.70. The predicted octanol–water partition coefficient (Wildman–Crippen LogP) is 1.16. The second-order valence-corrected chi connectivity index (χ2v) is 7.16. The molecule has 2 N–H and O–H groups in total. The van der Waals surface area contributed by atoms with Gasteiger partial charge in [0.05, 0.1) is 14.2 Å². The van der Waals surface area contributed by atoms with E-state index in [1.807, 2.05) is 0 Å². The molecule has 30 heavy (non-hydrogen) atoms. The molecule has 0 aliphatic carbocycles. The zero-order valence-electron chi connectivity index (χ0n) is 17.6. The van der Waals surface area contributed by atoms with Crippen LogP contribution >= 0.6 is 0 Å². The number of ether oxygens (including phenoxy) is 2. The Bertz CT molecular complexity index is 997. The van der Waals surface area contributed by atoms with E-state index in [9.17, 15) is 19.2 Å². The van der Waals surface area contributed by atoms with Gasteiger partial charge in [0, 0.05) is 30.9 Å². The van der Waals surface area contributed by atoms with Crippen molar-refractivity contribution >= 4 is 28.8 Å². The van der Waals surface area contributed by atoms with Crippen molar-refractivity contribution in [2.45, 2.75) is 39.3 Å². The van der Waals surface area contributed by atoms with Crippen LogP contribution < -0.4 is 21.0 Å². The summed E-state index contributed by atoms with van der Waals surface area (Å²) in [5.74, 6) is -1.26. The molecular weight excluding hydrogens is 392 g/mol. The Morgan fingerprint density at radius 3 is 2.37 bits per heavy atom. The molecule has 0 saturated carbocycles. The largest absolute Gasteiger partial charge is 0.497 e. The van der Waals surface area contributed by atoms with Crippen LogP contribution in [-0.2, 0) is 25.5 Å². The van der Waals surface area contributed by atoms with E-state index in [1.165, 1.54) is 27.2 Å². The van der Waals surface area contributed by atoms with Crippen LogP contribution in [0.4, 0.5) is 0 Å².